The summed E-state index contributed by atoms with van der Waals surface area (Å²) in [6, 6.07) is 7.95. The summed E-state index contributed by atoms with van der Waals surface area (Å²) >= 11 is 0. The van der Waals surface area contributed by atoms with Crippen molar-refractivity contribution in [3.63, 3.8) is 0 Å². The van der Waals surface area contributed by atoms with Crippen LogP contribution >= 0.6 is 0 Å². The van der Waals surface area contributed by atoms with Crippen LogP contribution in [0.1, 0.15) is 37.7 Å². The summed E-state index contributed by atoms with van der Waals surface area (Å²) in [5.74, 6) is 1.30. The number of benzene rings is 1. The topological polar surface area (TPSA) is 44.8 Å². The molecule has 0 radical (unpaired) electrons. The number of hydrogen-bond donors (Lipinski definition) is 0. The van der Waals surface area contributed by atoms with Gasteiger partial charge < -0.3 is 14.2 Å². The van der Waals surface area contributed by atoms with Crippen LogP contribution in [0.25, 0.3) is 0 Å². The summed E-state index contributed by atoms with van der Waals surface area (Å²) in [5.41, 5.74) is 2.44. The minimum atomic E-state index is 0.216. The van der Waals surface area contributed by atoms with E-state index < -0.39 is 0 Å². The molecule has 0 saturated carbocycles. The smallest absolute Gasteiger partial charge is 0.189 e. The van der Waals surface area contributed by atoms with E-state index in [1.165, 1.54) is 11.1 Å². The van der Waals surface area contributed by atoms with Gasteiger partial charge in [0.1, 0.15) is 5.75 Å². The van der Waals surface area contributed by atoms with E-state index in [-0.39, 0.29) is 12.6 Å². The Morgan fingerprint density at radius 2 is 1.91 bits per heavy atom. The second kappa shape index (κ2) is 8.71. The lowest BCUT2D eigenvalue weighted by molar-refractivity contribution is -0.115. The molecule has 1 aromatic carbocycles. The van der Waals surface area contributed by atoms with E-state index in [1.54, 1.807) is 7.11 Å². The second-order valence-corrected chi connectivity index (χ2v) is 5.46. The first kappa shape index (κ1) is 16.7. The van der Waals surface area contributed by atoms with Crippen LogP contribution in [-0.4, -0.2) is 32.9 Å². The first-order chi connectivity index (χ1) is 10.7. The molecule has 0 bridgehead atoms. The molecule has 1 aliphatic carbocycles. The van der Waals surface area contributed by atoms with Crippen molar-refractivity contribution in [3.05, 3.63) is 41.5 Å². The lowest BCUT2D eigenvalue weighted by Crippen LogP contribution is -2.12. The normalized spacial score (nSPS) is 18.2. The zero-order valence-corrected chi connectivity index (χ0v) is 13.3. The van der Waals surface area contributed by atoms with E-state index in [0.717, 1.165) is 18.6 Å². The molecule has 1 unspecified atom stereocenters. The van der Waals surface area contributed by atoms with Gasteiger partial charge in [0.05, 0.1) is 13.2 Å². The molecule has 0 saturated heterocycles. The summed E-state index contributed by atoms with van der Waals surface area (Å²) in [6.45, 7) is 3.39. The molecule has 22 heavy (non-hydrogen) atoms. The predicted molar refractivity (Wildman–Crippen MR) is 85.1 cm³/mol. The summed E-state index contributed by atoms with van der Waals surface area (Å²) in [7, 11) is 1.64. The number of rotatable bonds is 8. The van der Waals surface area contributed by atoms with Crippen LogP contribution in [0.2, 0.25) is 0 Å². The number of allylic oxidation sites excluding steroid dienone is 2. The Morgan fingerprint density at radius 1 is 1.14 bits per heavy atom. The fourth-order valence-corrected chi connectivity index (χ4v) is 2.61. The van der Waals surface area contributed by atoms with Crippen molar-refractivity contribution in [3.8, 4) is 5.75 Å². The highest BCUT2D eigenvalue weighted by Crippen LogP contribution is 2.33. The summed E-state index contributed by atoms with van der Waals surface area (Å²) in [4.78, 5) is 11.8. The molecule has 4 heteroatoms. The first-order valence-corrected chi connectivity index (χ1v) is 7.74. The monoisotopic (exact) mass is 304 g/mol. The van der Waals surface area contributed by atoms with Crippen molar-refractivity contribution in [2.45, 2.75) is 32.1 Å². The van der Waals surface area contributed by atoms with Crippen LogP contribution in [0.4, 0.5) is 0 Å². The first-order valence-electron chi connectivity index (χ1n) is 7.74. The average molecular weight is 304 g/mol. The van der Waals surface area contributed by atoms with Crippen molar-refractivity contribution >= 4 is 5.78 Å². The number of ketones is 1. The third-order valence-electron chi connectivity index (χ3n) is 3.87. The van der Waals surface area contributed by atoms with Gasteiger partial charge in [-0.25, -0.2) is 0 Å². The molecular weight excluding hydrogens is 280 g/mol. The molecule has 0 fully saturated rings. The Kier molecular flexibility index (Phi) is 6.62. The van der Waals surface area contributed by atoms with Gasteiger partial charge in [0, 0.05) is 13.5 Å². The van der Waals surface area contributed by atoms with Gasteiger partial charge in [0.25, 0.3) is 0 Å². The number of carbonyl (C=O) groups is 1. The SMILES string of the molecule is CCC1=CC(=O)CC(c2ccc(OCOCCOC)cc2)C1. The van der Waals surface area contributed by atoms with Gasteiger partial charge in [-0.3, -0.25) is 4.79 Å². The summed E-state index contributed by atoms with van der Waals surface area (Å²) in [6.07, 6.45) is 4.33. The van der Waals surface area contributed by atoms with Crippen LogP contribution in [0, 0.1) is 0 Å². The van der Waals surface area contributed by atoms with Crippen LogP contribution in [0.3, 0.4) is 0 Å². The number of carbonyl (C=O) groups excluding carboxylic acids is 1. The van der Waals surface area contributed by atoms with Gasteiger partial charge in [-0.2, -0.15) is 0 Å². The Hall–Kier alpha value is -1.65. The van der Waals surface area contributed by atoms with Gasteiger partial charge >= 0.3 is 0 Å². The standard InChI is InChI=1S/C18H24O4/c1-3-14-10-16(12-17(19)11-14)15-4-6-18(7-5-15)22-13-21-9-8-20-2/h4-7,11,16H,3,8-10,12-13H2,1-2H3. The zero-order chi connectivity index (χ0) is 15.8. The highest BCUT2D eigenvalue weighted by Gasteiger charge is 2.21. The largest absolute Gasteiger partial charge is 0.468 e. The lowest BCUT2D eigenvalue weighted by atomic mass is 9.82. The molecule has 120 valence electrons. The predicted octanol–water partition coefficient (Wildman–Crippen LogP) is 3.47. The lowest BCUT2D eigenvalue weighted by Gasteiger charge is -2.22. The van der Waals surface area contributed by atoms with E-state index in [4.69, 9.17) is 14.2 Å². The Morgan fingerprint density at radius 3 is 2.59 bits per heavy atom. The Bertz CT molecular complexity index is 504. The number of ether oxygens (including phenoxy) is 3. The molecule has 0 aliphatic heterocycles. The van der Waals surface area contributed by atoms with Gasteiger partial charge in [-0.05, 0) is 42.5 Å². The maximum Gasteiger partial charge on any atom is 0.189 e. The van der Waals surface area contributed by atoms with Gasteiger partial charge in [0.15, 0.2) is 12.6 Å². The van der Waals surface area contributed by atoms with E-state index in [2.05, 4.69) is 6.92 Å². The second-order valence-electron chi connectivity index (χ2n) is 5.46. The molecule has 1 aliphatic rings. The zero-order valence-electron chi connectivity index (χ0n) is 13.3. The quantitative estimate of drug-likeness (QED) is 0.545. The van der Waals surface area contributed by atoms with Crippen LogP contribution in [0.15, 0.2) is 35.9 Å². The molecule has 0 aromatic heterocycles. The Balaban J connectivity index is 1.86. The van der Waals surface area contributed by atoms with Crippen LogP contribution in [0.5, 0.6) is 5.75 Å². The molecule has 1 atom stereocenters. The molecule has 0 N–H and O–H groups in total. The maximum absolute atomic E-state index is 11.8. The van der Waals surface area contributed by atoms with E-state index in [0.29, 0.717) is 25.6 Å². The minimum absolute atomic E-state index is 0.216. The molecule has 0 spiro atoms. The fraction of sp³-hybridized carbons (Fsp3) is 0.500. The molecule has 0 heterocycles. The van der Waals surface area contributed by atoms with Crippen molar-refractivity contribution in [2.24, 2.45) is 0 Å². The number of hydrogen-bond acceptors (Lipinski definition) is 4. The van der Waals surface area contributed by atoms with E-state index >= 15 is 0 Å². The fourth-order valence-electron chi connectivity index (χ4n) is 2.61. The number of methoxy groups -OCH3 is 1. The van der Waals surface area contributed by atoms with Gasteiger partial charge in [-0.1, -0.05) is 24.6 Å². The van der Waals surface area contributed by atoms with Gasteiger partial charge in [-0.15, -0.1) is 0 Å². The highest BCUT2D eigenvalue weighted by molar-refractivity contribution is 5.92. The third kappa shape index (κ3) is 4.97. The molecule has 1 aromatic rings. The summed E-state index contributed by atoms with van der Waals surface area (Å²) < 4.78 is 15.7. The molecule has 2 rings (SSSR count). The van der Waals surface area contributed by atoms with Crippen molar-refractivity contribution in [1.29, 1.82) is 0 Å². The third-order valence-corrected chi connectivity index (χ3v) is 3.87. The molecular formula is C18H24O4. The maximum atomic E-state index is 11.8. The molecule has 0 amide bonds. The highest BCUT2D eigenvalue weighted by atomic mass is 16.7. The average Bonchev–Trinajstić information content (AvgIpc) is 2.54. The Labute approximate surface area is 132 Å². The summed E-state index contributed by atoms with van der Waals surface area (Å²) in [5, 5.41) is 0. The van der Waals surface area contributed by atoms with Crippen molar-refractivity contribution < 1.29 is 19.0 Å². The van der Waals surface area contributed by atoms with Crippen molar-refractivity contribution in [2.75, 3.05) is 27.1 Å². The minimum Gasteiger partial charge on any atom is -0.468 e. The van der Waals surface area contributed by atoms with Gasteiger partial charge in [0.2, 0.25) is 0 Å². The van der Waals surface area contributed by atoms with E-state index in [1.807, 2.05) is 30.3 Å². The van der Waals surface area contributed by atoms with E-state index in [9.17, 15) is 4.79 Å². The van der Waals surface area contributed by atoms with Crippen LogP contribution in [-0.2, 0) is 14.3 Å². The van der Waals surface area contributed by atoms with Crippen LogP contribution < -0.4 is 4.74 Å². The molecule has 4 nitrogen and oxygen atoms in total. The van der Waals surface area contributed by atoms with Crippen molar-refractivity contribution in [1.82, 2.24) is 0 Å².